The Labute approximate surface area is 159 Å². The first kappa shape index (κ1) is 17.0. The molecule has 0 unspecified atom stereocenters. The van der Waals surface area contributed by atoms with E-state index in [-0.39, 0.29) is 11.6 Å². The Morgan fingerprint density at radius 2 is 1.89 bits per heavy atom. The van der Waals surface area contributed by atoms with Crippen LogP contribution in [-0.2, 0) is 0 Å². The van der Waals surface area contributed by atoms with Gasteiger partial charge in [-0.3, -0.25) is 15.1 Å². The fourth-order valence-electron chi connectivity index (χ4n) is 2.69. The predicted molar refractivity (Wildman–Crippen MR) is 104 cm³/mol. The molecule has 0 saturated carbocycles. The van der Waals surface area contributed by atoms with E-state index in [1.54, 1.807) is 10.9 Å². The summed E-state index contributed by atoms with van der Waals surface area (Å²) < 4.78 is 1.67. The number of rotatable bonds is 4. The molecular formula is C19H16N6OS. The van der Waals surface area contributed by atoms with Crippen molar-refractivity contribution in [1.29, 1.82) is 0 Å². The van der Waals surface area contributed by atoms with Gasteiger partial charge in [-0.15, -0.1) is 16.4 Å². The number of pyridine rings is 1. The van der Waals surface area contributed by atoms with Crippen LogP contribution in [0.2, 0.25) is 0 Å². The minimum absolute atomic E-state index is 0.271. The molecule has 0 aliphatic heterocycles. The highest BCUT2D eigenvalue weighted by molar-refractivity contribution is 7.14. The largest absolute Gasteiger partial charge is 0.296 e. The van der Waals surface area contributed by atoms with E-state index in [2.05, 4.69) is 25.6 Å². The van der Waals surface area contributed by atoms with Crippen LogP contribution in [0, 0.1) is 13.8 Å². The minimum Gasteiger partial charge on any atom is -0.296 e. The first-order chi connectivity index (χ1) is 13.1. The Hall–Kier alpha value is -3.39. The number of benzene rings is 1. The van der Waals surface area contributed by atoms with Crippen molar-refractivity contribution in [3.8, 4) is 17.1 Å². The fraction of sp³-hybridized carbons (Fsp3) is 0.105. The van der Waals surface area contributed by atoms with Crippen molar-refractivity contribution in [2.45, 2.75) is 13.8 Å². The van der Waals surface area contributed by atoms with Crippen molar-refractivity contribution in [1.82, 2.24) is 25.0 Å². The van der Waals surface area contributed by atoms with Crippen molar-refractivity contribution in [3.05, 3.63) is 71.0 Å². The molecule has 1 N–H and O–H groups in total. The highest BCUT2D eigenvalue weighted by Crippen LogP contribution is 2.24. The fourth-order valence-corrected chi connectivity index (χ4v) is 3.39. The second kappa shape index (κ2) is 7.08. The van der Waals surface area contributed by atoms with E-state index in [0.717, 1.165) is 22.6 Å². The average molecular weight is 376 g/mol. The van der Waals surface area contributed by atoms with Crippen LogP contribution in [0.4, 0.5) is 5.13 Å². The maximum Gasteiger partial charge on any atom is 0.279 e. The summed E-state index contributed by atoms with van der Waals surface area (Å²) in [5.41, 5.74) is 4.37. The lowest BCUT2D eigenvalue weighted by Gasteiger charge is -2.06. The third kappa shape index (κ3) is 3.34. The number of nitrogens with zero attached hydrogens (tertiary/aromatic N) is 5. The molecule has 1 amide bonds. The van der Waals surface area contributed by atoms with E-state index in [0.29, 0.717) is 10.8 Å². The van der Waals surface area contributed by atoms with Gasteiger partial charge < -0.3 is 0 Å². The molecule has 0 aliphatic carbocycles. The lowest BCUT2D eigenvalue weighted by atomic mass is 10.2. The molecule has 8 heteroatoms. The number of aryl methyl sites for hydroxylation is 1. The second-order valence-corrected chi connectivity index (χ2v) is 6.79. The molecular weight excluding hydrogens is 360 g/mol. The Balaban J connectivity index is 1.56. The van der Waals surface area contributed by atoms with Crippen LogP contribution >= 0.6 is 11.3 Å². The lowest BCUT2D eigenvalue weighted by Crippen LogP contribution is -2.14. The predicted octanol–water partition coefficient (Wildman–Crippen LogP) is 3.65. The molecule has 0 saturated heterocycles. The van der Waals surface area contributed by atoms with E-state index in [1.165, 1.54) is 11.3 Å². The number of anilines is 1. The average Bonchev–Trinajstić information content (AvgIpc) is 3.30. The second-order valence-electron chi connectivity index (χ2n) is 5.93. The zero-order valence-electron chi connectivity index (χ0n) is 14.7. The zero-order chi connectivity index (χ0) is 18.8. The van der Waals surface area contributed by atoms with Crippen LogP contribution in [0.1, 0.15) is 21.7 Å². The molecule has 7 nitrogen and oxygen atoms in total. The number of para-hydroxylation sites is 1. The number of amides is 1. The standard InChI is InChI=1S/C19H16N6OS/c1-12-7-3-4-9-16(12)25-13(2)17(23-24-25)18(26)22-19-21-15(11-27-19)14-8-5-6-10-20-14/h3-11H,1-2H3,(H,21,22,26). The van der Waals surface area contributed by atoms with Gasteiger partial charge in [0.15, 0.2) is 10.8 Å². The molecule has 134 valence electrons. The third-order valence-electron chi connectivity index (χ3n) is 4.11. The van der Waals surface area contributed by atoms with Crippen LogP contribution in [0.25, 0.3) is 17.1 Å². The van der Waals surface area contributed by atoms with Crippen LogP contribution in [0.3, 0.4) is 0 Å². The Bertz CT molecular complexity index is 1100. The number of carbonyl (C=O) groups excluding carboxylic acids is 1. The van der Waals surface area contributed by atoms with Gasteiger partial charge >= 0.3 is 0 Å². The molecule has 0 fully saturated rings. The van der Waals surface area contributed by atoms with Gasteiger partial charge in [-0.2, -0.15) is 0 Å². The maximum atomic E-state index is 12.6. The van der Waals surface area contributed by atoms with Gasteiger partial charge in [0.1, 0.15) is 5.69 Å². The molecule has 4 rings (SSSR count). The summed E-state index contributed by atoms with van der Waals surface area (Å²) in [5, 5.41) is 13.3. The van der Waals surface area contributed by atoms with E-state index >= 15 is 0 Å². The van der Waals surface area contributed by atoms with Gasteiger partial charge in [0.05, 0.1) is 17.1 Å². The Morgan fingerprint density at radius 1 is 1.07 bits per heavy atom. The van der Waals surface area contributed by atoms with Gasteiger partial charge in [-0.25, -0.2) is 9.67 Å². The quantitative estimate of drug-likeness (QED) is 0.587. The monoisotopic (exact) mass is 376 g/mol. The third-order valence-corrected chi connectivity index (χ3v) is 4.86. The van der Waals surface area contributed by atoms with E-state index in [1.807, 2.05) is 61.7 Å². The van der Waals surface area contributed by atoms with Crippen molar-refractivity contribution in [2.75, 3.05) is 5.32 Å². The highest BCUT2D eigenvalue weighted by atomic mass is 32.1. The van der Waals surface area contributed by atoms with E-state index in [9.17, 15) is 4.79 Å². The Morgan fingerprint density at radius 3 is 2.67 bits per heavy atom. The van der Waals surface area contributed by atoms with Gasteiger partial charge in [0.25, 0.3) is 5.91 Å². The Kier molecular flexibility index (Phi) is 4.47. The first-order valence-corrected chi connectivity index (χ1v) is 9.18. The van der Waals surface area contributed by atoms with Gasteiger partial charge in [-0.05, 0) is 37.6 Å². The molecule has 3 heterocycles. The van der Waals surface area contributed by atoms with Gasteiger partial charge in [0, 0.05) is 11.6 Å². The van der Waals surface area contributed by atoms with Crippen LogP contribution in [0.5, 0.6) is 0 Å². The molecule has 27 heavy (non-hydrogen) atoms. The summed E-state index contributed by atoms with van der Waals surface area (Å²) in [5.74, 6) is -0.339. The van der Waals surface area contributed by atoms with E-state index in [4.69, 9.17) is 0 Å². The minimum atomic E-state index is -0.339. The number of hydrogen-bond donors (Lipinski definition) is 1. The van der Waals surface area contributed by atoms with Crippen LogP contribution in [0.15, 0.2) is 54.0 Å². The van der Waals surface area contributed by atoms with Crippen molar-refractivity contribution in [3.63, 3.8) is 0 Å². The number of thiazole rings is 1. The topological polar surface area (TPSA) is 85.6 Å². The number of aromatic nitrogens is 5. The normalized spacial score (nSPS) is 10.7. The molecule has 0 spiro atoms. The van der Waals surface area contributed by atoms with Crippen LogP contribution < -0.4 is 5.32 Å². The van der Waals surface area contributed by atoms with Gasteiger partial charge in [-0.1, -0.05) is 29.5 Å². The SMILES string of the molecule is Cc1ccccc1-n1nnc(C(=O)Nc2nc(-c3ccccn3)cs2)c1C. The molecule has 0 atom stereocenters. The summed E-state index contributed by atoms with van der Waals surface area (Å²) in [7, 11) is 0. The molecule has 1 aromatic carbocycles. The summed E-state index contributed by atoms with van der Waals surface area (Å²) in [6.07, 6.45) is 1.71. The van der Waals surface area contributed by atoms with Crippen LogP contribution in [-0.4, -0.2) is 30.9 Å². The summed E-state index contributed by atoms with van der Waals surface area (Å²) in [6.45, 7) is 3.81. The number of hydrogen-bond acceptors (Lipinski definition) is 6. The lowest BCUT2D eigenvalue weighted by molar-refractivity contribution is 0.102. The highest BCUT2D eigenvalue weighted by Gasteiger charge is 2.19. The molecule has 0 radical (unpaired) electrons. The smallest absolute Gasteiger partial charge is 0.279 e. The summed E-state index contributed by atoms with van der Waals surface area (Å²) >= 11 is 1.34. The molecule has 0 bridgehead atoms. The number of nitrogens with one attached hydrogen (secondary N) is 1. The summed E-state index contributed by atoms with van der Waals surface area (Å²) in [4.78, 5) is 21.3. The van der Waals surface area contributed by atoms with Crippen molar-refractivity contribution in [2.24, 2.45) is 0 Å². The zero-order valence-corrected chi connectivity index (χ0v) is 15.6. The summed E-state index contributed by atoms with van der Waals surface area (Å²) in [6, 6.07) is 13.4. The molecule has 0 aliphatic rings. The van der Waals surface area contributed by atoms with E-state index < -0.39 is 0 Å². The maximum absolute atomic E-state index is 12.6. The number of carbonyl (C=O) groups is 1. The molecule has 3 aromatic heterocycles. The molecule has 4 aromatic rings. The first-order valence-electron chi connectivity index (χ1n) is 8.30. The van der Waals surface area contributed by atoms with Gasteiger partial charge in [0.2, 0.25) is 0 Å². The van der Waals surface area contributed by atoms with Crippen molar-refractivity contribution < 1.29 is 4.79 Å². The van der Waals surface area contributed by atoms with Crippen molar-refractivity contribution >= 4 is 22.4 Å².